The predicted octanol–water partition coefficient (Wildman–Crippen LogP) is 2.78. The van der Waals surface area contributed by atoms with Crippen LogP contribution in [0.3, 0.4) is 0 Å². The average Bonchev–Trinajstić information content (AvgIpc) is 2.61. The Labute approximate surface area is 135 Å². The van der Waals surface area contributed by atoms with Gasteiger partial charge in [0, 0.05) is 11.1 Å². The highest BCUT2D eigenvalue weighted by Crippen LogP contribution is 2.27. The quantitative estimate of drug-likeness (QED) is 0.741. The fourth-order valence-corrected chi connectivity index (χ4v) is 2.54. The molecule has 24 heavy (non-hydrogen) atoms. The summed E-state index contributed by atoms with van der Waals surface area (Å²) in [5.41, 5.74) is -1.08. The molecule has 1 N–H and O–H groups in total. The minimum Gasteiger partial charge on any atom is -0.478 e. The summed E-state index contributed by atoms with van der Waals surface area (Å²) in [5.74, 6) is -1.28. The standard InChI is InChI=1S/C18H10O6/c19-8-12-11(18(22)23)6-7-14-15(12)16(21)13(9-20)17(24-14)10-4-2-1-3-5-10/h1-9H,(H,22,23). The fourth-order valence-electron chi connectivity index (χ4n) is 2.54. The Morgan fingerprint density at radius 1 is 0.958 bits per heavy atom. The number of carbonyl (C=O) groups excluding carboxylic acids is 2. The molecule has 6 heteroatoms. The van der Waals surface area contributed by atoms with Gasteiger partial charge in [0.1, 0.15) is 16.9 Å². The van der Waals surface area contributed by atoms with Crippen molar-refractivity contribution in [2.75, 3.05) is 0 Å². The molecule has 6 nitrogen and oxygen atoms in total. The monoisotopic (exact) mass is 322 g/mol. The number of aromatic carboxylic acids is 1. The number of carboxylic acids is 1. The van der Waals surface area contributed by atoms with Crippen LogP contribution in [-0.4, -0.2) is 23.6 Å². The van der Waals surface area contributed by atoms with Crippen molar-refractivity contribution >= 4 is 29.5 Å². The van der Waals surface area contributed by atoms with Gasteiger partial charge in [0.15, 0.2) is 12.6 Å². The van der Waals surface area contributed by atoms with Crippen molar-refractivity contribution in [3.63, 3.8) is 0 Å². The van der Waals surface area contributed by atoms with E-state index >= 15 is 0 Å². The van der Waals surface area contributed by atoms with E-state index in [1.165, 1.54) is 12.1 Å². The van der Waals surface area contributed by atoms with Crippen molar-refractivity contribution in [3.05, 3.63) is 69.4 Å². The van der Waals surface area contributed by atoms with E-state index in [-0.39, 0.29) is 39.7 Å². The van der Waals surface area contributed by atoms with Crippen LogP contribution < -0.4 is 5.43 Å². The molecule has 118 valence electrons. The van der Waals surface area contributed by atoms with Crippen molar-refractivity contribution in [3.8, 4) is 11.3 Å². The van der Waals surface area contributed by atoms with Gasteiger partial charge in [-0.25, -0.2) is 4.79 Å². The first-order valence-corrected chi connectivity index (χ1v) is 6.91. The third kappa shape index (κ3) is 2.30. The topological polar surface area (TPSA) is 102 Å². The van der Waals surface area contributed by atoms with Gasteiger partial charge in [-0.15, -0.1) is 0 Å². The van der Waals surface area contributed by atoms with Gasteiger partial charge in [-0.3, -0.25) is 14.4 Å². The molecule has 0 aliphatic carbocycles. The summed E-state index contributed by atoms with van der Waals surface area (Å²) in [7, 11) is 0. The zero-order valence-electron chi connectivity index (χ0n) is 12.2. The summed E-state index contributed by atoms with van der Waals surface area (Å²) in [4.78, 5) is 46.6. The summed E-state index contributed by atoms with van der Waals surface area (Å²) in [6.45, 7) is 0. The van der Waals surface area contributed by atoms with Crippen molar-refractivity contribution in [2.24, 2.45) is 0 Å². The van der Waals surface area contributed by atoms with Crippen molar-refractivity contribution in [2.45, 2.75) is 0 Å². The van der Waals surface area contributed by atoms with Crippen LogP contribution in [0.2, 0.25) is 0 Å². The second-order valence-electron chi connectivity index (χ2n) is 4.98. The van der Waals surface area contributed by atoms with E-state index in [4.69, 9.17) is 9.52 Å². The number of benzene rings is 2. The van der Waals surface area contributed by atoms with Crippen molar-refractivity contribution < 1.29 is 23.9 Å². The maximum absolute atomic E-state index is 12.7. The van der Waals surface area contributed by atoms with E-state index in [1.807, 2.05) is 0 Å². The summed E-state index contributed by atoms with van der Waals surface area (Å²) < 4.78 is 5.64. The zero-order valence-corrected chi connectivity index (χ0v) is 12.2. The Kier molecular flexibility index (Phi) is 3.79. The van der Waals surface area contributed by atoms with Gasteiger partial charge in [0.25, 0.3) is 0 Å². The first-order valence-electron chi connectivity index (χ1n) is 6.91. The highest BCUT2D eigenvalue weighted by atomic mass is 16.4. The largest absolute Gasteiger partial charge is 0.478 e. The van der Waals surface area contributed by atoms with E-state index in [0.717, 1.165) is 0 Å². The van der Waals surface area contributed by atoms with Crippen LogP contribution in [-0.2, 0) is 0 Å². The third-order valence-electron chi connectivity index (χ3n) is 3.64. The summed E-state index contributed by atoms with van der Waals surface area (Å²) in [6, 6.07) is 11.0. The summed E-state index contributed by atoms with van der Waals surface area (Å²) in [6.07, 6.45) is 0.620. The Morgan fingerprint density at radius 2 is 1.62 bits per heavy atom. The maximum Gasteiger partial charge on any atom is 0.336 e. The Bertz CT molecular complexity index is 1030. The normalized spacial score (nSPS) is 10.5. The van der Waals surface area contributed by atoms with Crippen LogP contribution in [0.25, 0.3) is 22.3 Å². The molecule has 1 heterocycles. The van der Waals surface area contributed by atoms with Gasteiger partial charge in [-0.1, -0.05) is 30.3 Å². The number of hydrogen-bond donors (Lipinski definition) is 1. The van der Waals surface area contributed by atoms with E-state index in [1.54, 1.807) is 30.3 Å². The first-order chi connectivity index (χ1) is 11.6. The predicted molar refractivity (Wildman–Crippen MR) is 85.7 cm³/mol. The molecule has 0 saturated carbocycles. The molecular weight excluding hydrogens is 312 g/mol. The second-order valence-corrected chi connectivity index (χ2v) is 4.98. The average molecular weight is 322 g/mol. The number of hydrogen-bond acceptors (Lipinski definition) is 5. The summed E-state index contributed by atoms with van der Waals surface area (Å²) in [5, 5.41) is 8.93. The molecule has 0 aliphatic heterocycles. The lowest BCUT2D eigenvalue weighted by molar-refractivity contribution is 0.0694. The van der Waals surface area contributed by atoms with E-state index in [2.05, 4.69) is 0 Å². The van der Waals surface area contributed by atoms with E-state index in [9.17, 15) is 19.2 Å². The Morgan fingerprint density at radius 3 is 2.21 bits per heavy atom. The smallest absolute Gasteiger partial charge is 0.336 e. The maximum atomic E-state index is 12.7. The molecular formula is C18H10O6. The highest BCUT2D eigenvalue weighted by molar-refractivity contribution is 6.07. The molecule has 3 aromatic rings. The lowest BCUT2D eigenvalue weighted by Crippen LogP contribution is -2.14. The molecule has 1 aromatic heterocycles. The molecule has 2 aromatic carbocycles. The number of fused-ring (bicyclic) bond motifs is 1. The molecule has 0 unspecified atom stereocenters. The van der Waals surface area contributed by atoms with Gasteiger partial charge >= 0.3 is 5.97 Å². The number of aldehydes is 2. The molecule has 0 fully saturated rings. The molecule has 0 atom stereocenters. The van der Waals surface area contributed by atoms with Crippen LogP contribution in [0.4, 0.5) is 0 Å². The Balaban J connectivity index is 2.48. The molecule has 0 spiro atoms. The summed E-state index contributed by atoms with van der Waals surface area (Å²) >= 11 is 0. The number of carbonyl (C=O) groups is 3. The third-order valence-corrected chi connectivity index (χ3v) is 3.64. The number of carboxylic acid groups (broad SMARTS) is 1. The molecule has 0 radical (unpaired) electrons. The molecule has 3 rings (SSSR count). The van der Waals surface area contributed by atoms with Crippen LogP contribution >= 0.6 is 0 Å². The number of rotatable bonds is 4. The molecule has 0 amide bonds. The van der Waals surface area contributed by atoms with Crippen LogP contribution in [0.1, 0.15) is 31.1 Å². The van der Waals surface area contributed by atoms with E-state index < -0.39 is 11.4 Å². The van der Waals surface area contributed by atoms with Crippen molar-refractivity contribution in [1.82, 2.24) is 0 Å². The minimum atomic E-state index is -1.35. The van der Waals surface area contributed by atoms with Crippen LogP contribution in [0, 0.1) is 0 Å². The zero-order chi connectivity index (χ0) is 17.3. The first kappa shape index (κ1) is 15.4. The SMILES string of the molecule is O=Cc1c(-c2ccccc2)oc2ccc(C(=O)O)c(C=O)c2c1=O. The van der Waals surface area contributed by atoms with Crippen LogP contribution in [0.15, 0.2) is 51.7 Å². The molecule has 0 bridgehead atoms. The lowest BCUT2D eigenvalue weighted by atomic mass is 9.99. The molecule has 0 saturated heterocycles. The van der Waals surface area contributed by atoms with Crippen molar-refractivity contribution in [1.29, 1.82) is 0 Å². The van der Waals surface area contributed by atoms with Gasteiger partial charge < -0.3 is 9.52 Å². The van der Waals surface area contributed by atoms with Gasteiger partial charge in [-0.05, 0) is 12.1 Å². The Hall–Kier alpha value is -3.54. The van der Waals surface area contributed by atoms with E-state index in [0.29, 0.717) is 11.8 Å². The van der Waals surface area contributed by atoms with Gasteiger partial charge in [-0.2, -0.15) is 0 Å². The van der Waals surface area contributed by atoms with Crippen LogP contribution in [0.5, 0.6) is 0 Å². The van der Waals surface area contributed by atoms with Gasteiger partial charge in [0.05, 0.1) is 10.9 Å². The van der Waals surface area contributed by atoms with Gasteiger partial charge in [0.2, 0.25) is 5.43 Å². The second kappa shape index (κ2) is 5.92. The highest BCUT2D eigenvalue weighted by Gasteiger charge is 2.21. The fraction of sp³-hybridized carbons (Fsp3) is 0. The molecule has 0 aliphatic rings. The lowest BCUT2D eigenvalue weighted by Gasteiger charge is -2.09. The minimum absolute atomic E-state index is 0.0385.